The van der Waals surface area contributed by atoms with Gasteiger partial charge >= 0.3 is 6.18 Å². The molecule has 1 saturated heterocycles. The Kier molecular flexibility index (Phi) is 5.22. The topological polar surface area (TPSA) is 109 Å². The van der Waals surface area contributed by atoms with Crippen molar-refractivity contribution in [1.29, 1.82) is 0 Å². The Balaban J connectivity index is 1.47. The van der Waals surface area contributed by atoms with Crippen LogP contribution in [0.15, 0.2) is 24.7 Å². The highest BCUT2D eigenvalue weighted by molar-refractivity contribution is 5.95. The number of hydrogen-bond acceptors (Lipinski definition) is 7. The monoisotopic (exact) mass is 421 g/mol. The normalized spacial score (nSPS) is 17.9. The summed E-state index contributed by atoms with van der Waals surface area (Å²) in [5.74, 6) is 1.15. The molecule has 4 N–H and O–H groups in total. The lowest BCUT2D eigenvalue weighted by molar-refractivity contribution is -0.137. The van der Waals surface area contributed by atoms with Crippen molar-refractivity contribution in [3.8, 4) is 0 Å². The van der Waals surface area contributed by atoms with Crippen LogP contribution in [0.4, 0.5) is 30.6 Å². The maximum atomic E-state index is 12.9. The van der Waals surface area contributed by atoms with E-state index in [2.05, 4.69) is 30.5 Å². The van der Waals surface area contributed by atoms with Gasteiger partial charge in [-0.25, -0.2) is 15.0 Å². The van der Waals surface area contributed by atoms with Crippen LogP contribution >= 0.6 is 0 Å². The summed E-state index contributed by atoms with van der Waals surface area (Å²) in [7, 11) is 0. The van der Waals surface area contributed by atoms with Gasteiger partial charge in [0.05, 0.1) is 11.0 Å². The van der Waals surface area contributed by atoms with Gasteiger partial charge in [-0.15, -0.1) is 0 Å². The van der Waals surface area contributed by atoms with Gasteiger partial charge in [-0.05, 0) is 31.4 Å². The number of halogens is 3. The van der Waals surface area contributed by atoms with Crippen LogP contribution in [0.2, 0.25) is 0 Å². The minimum Gasteiger partial charge on any atom is -0.369 e. The van der Waals surface area contributed by atoms with Crippen molar-refractivity contribution in [2.45, 2.75) is 25.4 Å². The molecule has 2 aromatic heterocycles. The van der Waals surface area contributed by atoms with E-state index in [1.54, 1.807) is 0 Å². The first-order chi connectivity index (χ1) is 14.3. The lowest BCUT2D eigenvalue weighted by atomic mass is 9.77. The van der Waals surface area contributed by atoms with Crippen molar-refractivity contribution in [3.63, 3.8) is 0 Å². The Bertz CT molecular complexity index is 942. The number of fused-ring (bicyclic) bond motifs is 1. The Hall–Kier alpha value is -2.95. The number of carbonyl (C=O) groups excluding carboxylic acids is 1. The molecule has 1 amide bonds. The molecule has 0 atom stereocenters. The molecule has 30 heavy (non-hydrogen) atoms. The first-order valence-electron chi connectivity index (χ1n) is 9.70. The number of amides is 1. The van der Waals surface area contributed by atoms with E-state index in [4.69, 9.17) is 5.73 Å². The molecule has 4 rings (SSSR count). The van der Waals surface area contributed by atoms with Crippen LogP contribution in [0.1, 0.15) is 24.0 Å². The van der Waals surface area contributed by atoms with Gasteiger partial charge in [-0.3, -0.25) is 4.79 Å². The quantitative estimate of drug-likeness (QED) is 0.693. The van der Waals surface area contributed by atoms with E-state index in [0.29, 0.717) is 25.9 Å². The number of hydrogen-bond donors (Lipinski definition) is 3. The van der Waals surface area contributed by atoms with E-state index < -0.39 is 23.1 Å². The maximum absolute atomic E-state index is 12.9. The number of carbonyl (C=O) groups is 1. The molecule has 4 heterocycles. The van der Waals surface area contributed by atoms with Crippen LogP contribution in [0.25, 0.3) is 0 Å². The zero-order chi connectivity index (χ0) is 21.4. The van der Waals surface area contributed by atoms with Crippen molar-refractivity contribution in [2.24, 2.45) is 11.1 Å². The summed E-state index contributed by atoms with van der Waals surface area (Å²) in [6, 6.07) is 1.69. The molecule has 0 saturated carbocycles. The molecule has 160 valence electrons. The number of anilines is 3. The number of nitrogens with zero attached hydrogens (tertiary/aromatic N) is 4. The van der Waals surface area contributed by atoms with Gasteiger partial charge in [0, 0.05) is 37.9 Å². The van der Waals surface area contributed by atoms with Gasteiger partial charge in [0.15, 0.2) is 0 Å². The summed E-state index contributed by atoms with van der Waals surface area (Å²) in [6.45, 7) is 2.03. The molecule has 11 heteroatoms. The summed E-state index contributed by atoms with van der Waals surface area (Å²) < 4.78 is 38.8. The molecule has 0 aliphatic carbocycles. The van der Waals surface area contributed by atoms with Gasteiger partial charge < -0.3 is 21.3 Å². The van der Waals surface area contributed by atoms with Crippen LogP contribution in [0.3, 0.4) is 0 Å². The van der Waals surface area contributed by atoms with Crippen molar-refractivity contribution >= 4 is 23.4 Å². The minimum absolute atomic E-state index is 0.0923. The van der Waals surface area contributed by atoms with Gasteiger partial charge in [0.2, 0.25) is 5.91 Å². The average Bonchev–Trinajstić information content (AvgIpc) is 3.22. The fraction of sp³-hybridized carbons (Fsp3) is 0.474. The molecular weight excluding hydrogens is 399 g/mol. The molecule has 0 aromatic carbocycles. The number of nitrogens with two attached hydrogens (primary N) is 1. The third-order valence-electron chi connectivity index (χ3n) is 5.81. The first kappa shape index (κ1) is 20.3. The summed E-state index contributed by atoms with van der Waals surface area (Å²) in [4.78, 5) is 27.6. The zero-order valence-electron chi connectivity index (χ0n) is 16.2. The van der Waals surface area contributed by atoms with Gasteiger partial charge in [0.1, 0.15) is 23.8 Å². The molecule has 0 bridgehead atoms. The van der Waals surface area contributed by atoms with E-state index >= 15 is 0 Å². The van der Waals surface area contributed by atoms with Gasteiger partial charge in [0.25, 0.3) is 0 Å². The van der Waals surface area contributed by atoms with Crippen LogP contribution < -0.4 is 21.3 Å². The number of pyridine rings is 1. The van der Waals surface area contributed by atoms with E-state index in [0.717, 1.165) is 48.5 Å². The van der Waals surface area contributed by atoms with Gasteiger partial charge in [-0.2, -0.15) is 13.2 Å². The minimum atomic E-state index is -4.51. The number of nitrogens with one attached hydrogen (secondary N) is 2. The second-order valence-electron chi connectivity index (χ2n) is 7.55. The molecule has 2 aliphatic heterocycles. The summed E-state index contributed by atoms with van der Waals surface area (Å²) in [5.41, 5.74) is 5.28. The van der Waals surface area contributed by atoms with E-state index in [-0.39, 0.29) is 12.4 Å². The van der Waals surface area contributed by atoms with Crippen LogP contribution in [0, 0.1) is 5.41 Å². The number of rotatable bonds is 4. The van der Waals surface area contributed by atoms with Crippen LogP contribution in [0.5, 0.6) is 0 Å². The lowest BCUT2D eigenvalue weighted by Crippen LogP contribution is -2.51. The number of alkyl halides is 3. The summed E-state index contributed by atoms with van der Waals surface area (Å²) in [6.07, 6.45) is -0.206. The molecule has 2 aromatic rings. The van der Waals surface area contributed by atoms with Crippen LogP contribution in [-0.4, -0.2) is 47.0 Å². The second-order valence-corrected chi connectivity index (χ2v) is 7.55. The highest BCUT2D eigenvalue weighted by Gasteiger charge is 2.41. The van der Waals surface area contributed by atoms with E-state index in [1.165, 1.54) is 6.33 Å². The van der Waals surface area contributed by atoms with Crippen LogP contribution in [-0.2, 0) is 17.4 Å². The first-order valence-corrected chi connectivity index (χ1v) is 9.70. The van der Waals surface area contributed by atoms with Crippen molar-refractivity contribution < 1.29 is 18.0 Å². The lowest BCUT2D eigenvalue weighted by Gasteiger charge is -2.40. The Morgan fingerprint density at radius 1 is 1.27 bits per heavy atom. The average molecular weight is 421 g/mol. The predicted octanol–water partition coefficient (Wildman–Crippen LogP) is 2.04. The van der Waals surface area contributed by atoms with Gasteiger partial charge in [-0.1, -0.05) is 0 Å². The predicted molar refractivity (Wildman–Crippen MR) is 105 cm³/mol. The Morgan fingerprint density at radius 2 is 2.03 bits per heavy atom. The van der Waals surface area contributed by atoms with Crippen molar-refractivity contribution in [3.05, 3.63) is 35.8 Å². The van der Waals surface area contributed by atoms with Crippen molar-refractivity contribution in [1.82, 2.24) is 15.0 Å². The Morgan fingerprint density at radius 3 is 2.73 bits per heavy atom. The van der Waals surface area contributed by atoms with E-state index in [9.17, 15) is 18.0 Å². The highest BCUT2D eigenvalue weighted by Crippen LogP contribution is 2.36. The third-order valence-corrected chi connectivity index (χ3v) is 5.81. The zero-order valence-corrected chi connectivity index (χ0v) is 16.2. The number of aromatic nitrogens is 3. The highest BCUT2D eigenvalue weighted by atomic mass is 19.4. The summed E-state index contributed by atoms with van der Waals surface area (Å²) in [5, 5.41) is 5.75. The van der Waals surface area contributed by atoms with E-state index in [1.807, 2.05) is 0 Å². The fourth-order valence-electron chi connectivity index (χ4n) is 3.96. The summed E-state index contributed by atoms with van der Waals surface area (Å²) >= 11 is 0. The SMILES string of the molecule is NCC1(C(=O)Nc2cc(C(F)(F)F)ccn2)CCN(c2ncnc3c2CCN3)CC1. The molecule has 0 radical (unpaired) electrons. The molecule has 8 nitrogen and oxygen atoms in total. The second kappa shape index (κ2) is 7.71. The molecule has 0 unspecified atom stereocenters. The third kappa shape index (κ3) is 3.76. The van der Waals surface area contributed by atoms with Crippen molar-refractivity contribution in [2.75, 3.05) is 41.7 Å². The largest absolute Gasteiger partial charge is 0.416 e. The molecule has 2 aliphatic rings. The maximum Gasteiger partial charge on any atom is 0.416 e. The molecule has 1 fully saturated rings. The Labute approximate surface area is 171 Å². The fourth-order valence-corrected chi connectivity index (χ4v) is 3.96. The molecular formula is C19H22F3N7O. The smallest absolute Gasteiger partial charge is 0.369 e. The molecule has 0 spiro atoms. The number of piperidine rings is 1. The standard InChI is InChI=1S/C19H22F3N7O/c20-19(21,22)12-1-5-24-14(9-12)28-17(30)18(10-23)3-7-29(8-4-18)16-13-2-6-25-15(13)26-11-27-16/h1,5,9,11H,2-4,6-8,10,23H2,(H,24,28,30)(H,25,26,27).